The van der Waals surface area contributed by atoms with Crippen molar-refractivity contribution in [2.75, 3.05) is 13.1 Å². The van der Waals surface area contributed by atoms with Crippen molar-refractivity contribution in [3.63, 3.8) is 0 Å². The molecule has 68 valence electrons. The summed E-state index contributed by atoms with van der Waals surface area (Å²) in [5.41, 5.74) is 5.86. The lowest BCUT2D eigenvalue weighted by Crippen LogP contribution is -2.32. The highest BCUT2D eigenvalue weighted by Gasteiger charge is 2.42. The van der Waals surface area contributed by atoms with Gasteiger partial charge in [0.25, 0.3) is 0 Å². The number of amides is 1. The molecule has 2 aliphatic rings. The van der Waals surface area contributed by atoms with E-state index < -0.39 is 6.09 Å². The Hall–Kier alpha value is -0.770. The Labute approximate surface area is 71.3 Å². The number of likely N-dealkylation sites (tertiary alicyclic amines) is 1. The summed E-state index contributed by atoms with van der Waals surface area (Å²) in [6.45, 7) is 1.36. The minimum Gasteiger partial charge on any atom is -0.465 e. The molecule has 1 amide bonds. The summed E-state index contributed by atoms with van der Waals surface area (Å²) < 4.78 is 0. The van der Waals surface area contributed by atoms with Gasteiger partial charge in [0.15, 0.2) is 0 Å². The average molecular weight is 170 g/mol. The van der Waals surface area contributed by atoms with Crippen LogP contribution in [0.3, 0.4) is 0 Å². The highest BCUT2D eigenvalue weighted by Crippen LogP contribution is 2.36. The molecule has 3 atom stereocenters. The van der Waals surface area contributed by atoms with E-state index >= 15 is 0 Å². The lowest BCUT2D eigenvalue weighted by atomic mass is 9.98. The molecule has 2 fully saturated rings. The molecule has 2 rings (SSSR count). The first-order valence-electron chi connectivity index (χ1n) is 4.42. The third kappa shape index (κ3) is 1.06. The molecular weight excluding hydrogens is 156 g/mol. The van der Waals surface area contributed by atoms with Gasteiger partial charge in [0, 0.05) is 19.1 Å². The van der Waals surface area contributed by atoms with Crippen LogP contribution in [0.1, 0.15) is 12.8 Å². The summed E-state index contributed by atoms with van der Waals surface area (Å²) in [4.78, 5) is 12.1. The van der Waals surface area contributed by atoms with Gasteiger partial charge in [0.2, 0.25) is 0 Å². The fraction of sp³-hybridized carbons (Fsp3) is 0.875. The predicted octanol–water partition coefficient (Wildman–Crippen LogP) is 0.334. The van der Waals surface area contributed by atoms with Gasteiger partial charge in [-0.15, -0.1) is 0 Å². The maximum Gasteiger partial charge on any atom is 0.407 e. The second kappa shape index (κ2) is 2.62. The highest BCUT2D eigenvalue weighted by molar-refractivity contribution is 5.65. The number of nitrogens with two attached hydrogens (primary N) is 1. The quantitative estimate of drug-likeness (QED) is 0.550. The molecule has 0 bridgehead atoms. The van der Waals surface area contributed by atoms with Crippen molar-refractivity contribution in [3.8, 4) is 0 Å². The van der Waals surface area contributed by atoms with Gasteiger partial charge in [-0.1, -0.05) is 0 Å². The molecule has 1 aliphatic heterocycles. The maximum absolute atomic E-state index is 10.6. The first-order valence-corrected chi connectivity index (χ1v) is 4.42. The summed E-state index contributed by atoms with van der Waals surface area (Å²) in [7, 11) is 0. The van der Waals surface area contributed by atoms with Crippen LogP contribution in [0.4, 0.5) is 4.79 Å². The lowest BCUT2D eigenvalue weighted by molar-refractivity contribution is 0.152. The number of nitrogens with zero attached hydrogens (tertiary/aromatic N) is 1. The van der Waals surface area contributed by atoms with Crippen LogP contribution in [0.2, 0.25) is 0 Å². The molecule has 1 aliphatic carbocycles. The third-order valence-electron chi connectivity index (χ3n) is 3.18. The zero-order valence-electron chi connectivity index (χ0n) is 6.94. The predicted molar refractivity (Wildman–Crippen MR) is 43.8 cm³/mol. The van der Waals surface area contributed by atoms with Crippen molar-refractivity contribution < 1.29 is 9.90 Å². The standard InChI is InChI=1S/C8H14N2O2/c9-7-2-1-5-3-10(8(11)12)4-6(5)7/h5-7H,1-4,9H2,(H,11,12). The summed E-state index contributed by atoms with van der Waals surface area (Å²) in [6.07, 6.45) is 1.38. The van der Waals surface area contributed by atoms with E-state index in [0.29, 0.717) is 24.9 Å². The van der Waals surface area contributed by atoms with Crippen LogP contribution in [-0.4, -0.2) is 35.2 Å². The van der Waals surface area contributed by atoms with Crippen LogP contribution >= 0.6 is 0 Å². The van der Waals surface area contributed by atoms with Gasteiger partial charge < -0.3 is 15.7 Å². The first kappa shape index (κ1) is 7.86. The molecular formula is C8H14N2O2. The van der Waals surface area contributed by atoms with Crippen molar-refractivity contribution in [1.82, 2.24) is 4.90 Å². The second-order valence-corrected chi connectivity index (χ2v) is 3.85. The molecule has 4 nitrogen and oxygen atoms in total. The average Bonchev–Trinajstić information content (AvgIpc) is 2.53. The molecule has 0 aromatic carbocycles. The number of rotatable bonds is 0. The molecule has 3 unspecified atom stereocenters. The monoisotopic (exact) mass is 170 g/mol. The van der Waals surface area contributed by atoms with Crippen molar-refractivity contribution >= 4 is 6.09 Å². The van der Waals surface area contributed by atoms with E-state index in [0.717, 1.165) is 12.8 Å². The Morgan fingerprint density at radius 1 is 1.42 bits per heavy atom. The van der Waals surface area contributed by atoms with Gasteiger partial charge in [-0.2, -0.15) is 0 Å². The van der Waals surface area contributed by atoms with Crippen LogP contribution < -0.4 is 5.73 Å². The molecule has 0 aromatic heterocycles. The fourth-order valence-corrected chi connectivity index (χ4v) is 2.46. The normalized spacial score (nSPS) is 40.1. The third-order valence-corrected chi connectivity index (χ3v) is 3.18. The Balaban J connectivity index is 2.03. The molecule has 4 heteroatoms. The van der Waals surface area contributed by atoms with E-state index in [2.05, 4.69) is 0 Å². The van der Waals surface area contributed by atoms with E-state index in [-0.39, 0.29) is 6.04 Å². The smallest absolute Gasteiger partial charge is 0.407 e. The Bertz CT molecular complexity index is 207. The molecule has 1 heterocycles. The molecule has 0 radical (unpaired) electrons. The van der Waals surface area contributed by atoms with Gasteiger partial charge in [0.05, 0.1) is 0 Å². The zero-order valence-corrected chi connectivity index (χ0v) is 6.94. The van der Waals surface area contributed by atoms with Crippen molar-refractivity contribution in [1.29, 1.82) is 0 Å². The number of carbonyl (C=O) groups is 1. The first-order chi connectivity index (χ1) is 5.68. The summed E-state index contributed by atoms with van der Waals surface area (Å²) in [5, 5.41) is 8.74. The van der Waals surface area contributed by atoms with Gasteiger partial charge in [-0.05, 0) is 24.7 Å². The maximum atomic E-state index is 10.6. The lowest BCUT2D eigenvalue weighted by Gasteiger charge is -2.14. The van der Waals surface area contributed by atoms with Crippen molar-refractivity contribution in [3.05, 3.63) is 0 Å². The van der Waals surface area contributed by atoms with Gasteiger partial charge >= 0.3 is 6.09 Å². The summed E-state index contributed by atoms with van der Waals surface area (Å²) in [5.74, 6) is 0.970. The number of hydrogen-bond acceptors (Lipinski definition) is 2. The number of carboxylic acid groups (broad SMARTS) is 1. The van der Waals surface area contributed by atoms with Crippen LogP contribution in [0.25, 0.3) is 0 Å². The minimum absolute atomic E-state index is 0.236. The fourth-order valence-electron chi connectivity index (χ4n) is 2.46. The Morgan fingerprint density at radius 3 is 2.75 bits per heavy atom. The molecule has 3 N–H and O–H groups in total. The molecule has 0 aromatic rings. The van der Waals surface area contributed by atoms with Gasteiger partial charge in [-0.3, -0.25) is 0 Å². The van der Waals surface area contributed by atoms with Crippen LogP contribution in [0.15, 0.2) is 0 Å². The van der Waals surface area contributed by atoms with Crippen LogP contribution in [-0.2, 0) is 0 Å². The molecule has 12 heavy (non-hydrogen) atoms. The van der Waals surface area contributed by atoms with Crippen LogP contribution in [0, 0.1) is 11.8 Å². The highest BCUT2D eigenvalue weighted by atomic mass is 16.4. The molecule has 1 saturated heterocycles. The van der Waals surface area contributed by atoms with Crippen molar-refractivity contribution in [2.45, 2.75) is 18.9 Å². The number of hydrogen-bond donors (Lipinski definition) is 2. The van der Waals surface area contributed by atoms with E-state index in [9.17, 15) is 4.79 Å². The Morgan fingerprint density at radius 2 is 2.17 bits per heavy atom. The largest absolute Gasteiger partial charge is 0.465 e. The number of fused-ring (bicyclic) bond motifs is 1. The van der Waals surface area contributed by atoms with E-state index in [4.69, 9.17) is 10.8 Å². The molecule has 0 spiro atoms. The SMILES string of the molecule is NC1CCC2CN(C(=O)O)CC12. The van der Waals surface area contributed by atoms with Gasteiger partial charge in [-0.25, -0.2) is 4.79 Å². The Kier molecular flexibility index (Phi) is 1.72. The van der Waals surface area contributed by atoms with E-state index in [1.807, 2.05) is 0 Å². The minimum atomic E-state index is -0.795. The van der Waals surface area contributed by atoms with E-state index in [1.54, 1.807) is 0 Å². The van der Waals surface area contributed by atoms with Crippen molar-refractivity contribution in [2.24, 2.45) is 17.6 Å². The summed E-state index contributed by atoms with van der Waals surface area (Å²) in [6, 6.07) is 0.236. The van der Waals surface area contributed by atoms with Gasteiger partial charge in [0.1, 0.15) is 0 Å². The zero-order chi connectivity index (χ0) is 8.72. The van der Waals surface area contributed by atoms with Crippen LogP contribution in [0.5, 0.6) is 0 Å². The van der Waals surface area contributed by atoms with E-state index in [1.165, 1.54) is 4.90 Å². The topological polar surface area (TPSA) is 66.6 Å². The molecule has 1 saturated carbocycles. The second-order valence-electron chi connectivity index (χ2n) is 3.85. The summed E-state index contributed by atoms with van der Waals surface area (Å²) >= 11 is 0.